The second-order valence-corrected chi connectivity index (χ2v) is 14.2. The molecule has 2 heterocycles. The lowest BCUT2D eigenvalue weighted by atomic mass is 9.43. The van der Waals surface area contributed by atoms with Crippen LogP contribution in [0.2, 0.25) is 0 Å². The van der Waals surface area contributed by atoms with Crippen LogP contribution in [-0.4, -0.2) is 49.1 Å². The van der Waals surface area contributed by atoms with Crippen LogP contribution in [0.25, 0.3) is 0 Å². The molecule has 4 bridgehead atoms. The third-order valence-electron chi connectivity index (χ3n) is 12.3. The molecule has 0 aromatic rings. The first-order chi connectivity index (χ1) is 17.5. The summed E-state index contributed by atoms with van der Waals surface area (Å²) < 4.78 is 19.2. The van der Waals surface area contributed by atoms with E-state index in [4.69, 9.17) is 14.2 Å². The molecule has 0 radical (unpaired) electrons. The van der Waals surface area contributed by atoms with E-state index in [-0.39, 0.29) is 36.3 Å². The van der Waals surface area contributed by atoms with Gasteiger partial charge in [-0.3, -0.25) is 4.79 Å². The molecular weight excluding hydrogens is 468 g/mol. The monoisotopic (exact) mass is 514 g/mol. The highest BCUT2D eigenvalue weighted by Crippen LogP contribution is 2.82. The van der Waals surface area contributed by atoms with Crippen molar-refractivity contribution in [2.24, 2.45) is 63.6 Å². The van der Waals surface area contributed by atoms with Crippen LogP contribution in [0.5, 0.6) is 0 Å². The number of aldehydes is 1. The van der Waals surface area contributed by atoms with E-state index in [0.29, 0.717) is 42.6 Å². The number of carboxylic acid groups (broad SMARTS) is 1. The summed E-state index contributed by atoms with van der Waals surface area (Å²) in [5, 5.41) is 11.2. The second kappa shape index (κ2) is 8.63. The number of hydrogen-bond donors (Lipinski definition) is 1. The maximum absolute atomic E-state index is 13.6. The average Bonchev–Trinajstić information content (AvgIpc) is 3.55. The van der Waals surface area contributed by atoms with Gasteiger partial charge in [0, 0.05) is 11.8 Å². The second-order valence-electron chi connectivity index (χ2n) is 14.2. The number of rotatable bonds is 7. The van der Waals surface area contributed by atoms with Gasteiger partial charge in [-0.2, -0.15) is 0 Å². The van der Waals surface area contributed by atoms with Gasteiger partial charge in [-0.25, -0.2) is 0 Å². The molecule has 5 fully saturated rings. The lowest BCUT2D eigenvalue weighted by molar-refractivity contribution is -0.251. The molecule has 6 nitrogen and oxygen atoms in total. The molecule has 4 unspecified atom stereocenters. The van der Waals surface area contributed by atoms with E-state index in [9.17, 15) is 14.7 Å². The lowest BCUT2D eigenvalue weighted by Crippen LogP contribution is -2.63. The zero-order chi connectivity index (χ0) is 26.5. The molecule has 206 valence electrons. The standard InChI is InChI=1S/C31H46O6/c1-16(2)23-13-35-27-19(6)37-26(10-21(23)27)36-15-30-12-22-18(5)7-8-24(22)29(14-32)11-20(30)9-25(17(3)4)31(29,30)28(33)34/h9,14,16-24,26-27H,7-8,10-13,15H2,1-6H3,(H,33,34)/t18-,19-,20?,21-,22-,23+,24-,26-,27-,29?,30?,31?/m1/s1. The molecule has 3 saturated carbocycles. The Hall–Kier alpha value is -1.24. The van der Waals surface area contributed by atoms with Gasteiger partial charge >= 0.3 is 5.97 Å². The maximum Gasteiger partial charge on any atom is 0.315 e. The summed E-state index contributed by atoms with van der Waals surface area (Å²) in [4.78, 5) is 26.8. The Bertz CT molecular complexity index is 982. The Morgan fingerprint density at radius 2 is 1.95 bits per heavy atom. The van der Waals surface area contributed by atoms with Crippen LogP contribution in [0.1, 0.15) is 73.6 Å². The molecule has 0 aromatic carbocycles. The quantitative estimate of drug-likeness (QED) is 0.364. The third-order valence-corrected chi connectivity index (χ3v) is 12.3. The Labute approximate surface area is 221 Å². The Morgan fingerprint density at radius 1 is 1.19 bits per heavy atom. The number of ether oxygens (including phenoxy) is 3. The van der Waals surface area contributed by atoms with Gasteiger partial charge in [0.25, 0.3) is 0 Å². The van der Waals surface area contributed by atoms with E-state index in [1.54, 1.807) is 0 Å². The first-order valence-electron chi connectivity index (χ1n) is 14.8. The summed E-state index contributed by atoms with van der Waals surface area (Å²) >= 11 is 0. The van der Waals surface area contributed by atoms with Gasteiger partial charge in [-0.1, -0.05) is 52.7 Å². The highest BCUT2D eigenvalue weighted by atomic mass is 16.7. The van der Waals surface area contributed by atoms with E-state index in [2.05, 4.69) is 47.6 Å². The minimum atomic E-state index is -1.19. The van der Waals surface area contributed by atoms with E-state index in [1.807, 2.05) is 0 Å². The van der Waals surface area contributed by atoms with Crippen LogP contribution in [0, 0.1) is 63.6 Å². The molecule has 4 aliphatic carbocycles. The number of allylic oxidation sites excluding steroid dienone is 1. The predicted molar refractivity (Wildman–Crippen MR) is 138 cm³/mol. The molecule has 6 rings (SSSR count). The van der Waals surface area contributed by atoms with Gasteiger partial charge in [0.05, 0.1) is 30.8 Å². The average molecular weight is 515 g/mol. The van der Waals surface area contributed by atoms with Crippen molar-refractivity contribution >= 4 is 12.3 Å². The third kappa shape index (κ3) is 3.10. The van der Waals surface area contributed by atoms with Crippen molar-refractivity contribution in [3.8, 4) is 0 Å². The number of carbonyl (C=O) groups is 2. The van der Waals surface area contributed by atoms with Crippen molar-refractivity contribution in [3.63, 3.8) is 0 Å². The van der Waals surface area contributed by atoms with Gasteiger partial charge in [0.2, 0.25) is 0 Å². The molecular formula is C31H46O6. The molecule has 2 saturated heterocycles. The number of carbonyl (C=O) groups excluding carboxylic acids is 1. The summed E-state index contributed by atoms with van der Waals surface area (Å²) in [5.74, 6) is 1.74. The van der Waals surface area contributed by atoms with Crippen LogP contribution in [0.3, 0.4) is 0 Å². The Morgan fingerprint density at radius 3 is 2.59 bits per heavy atom. The minimum absolute atomic E-state index is 0.0518. The Kier molecular flexibility index (Phi) is 6.06. The van der Waals surface area contributed by atoms with Crippen molar-refractivity contribution in [1.82, 2.24) is 0 Å². The van der Waals surface area contributed by atoms with Gasteiger partial charge < -0.3 is 24.1 Å². The molecule has 0 spiro atoms. The maximum atomic E-state index is 13.6. The highest BCUT2D eigenvalue weighted by Gasteiger charge is 2.84. The summed E-state index contributed by atoms with van der Waals surface area (Å²) in [5.41, 5.74) is -1.67. The molecule has 0 amide bonds. The molecule has 0 aromatic heterocycles. The van der Waals surface area contributed by atoms with E-state index in [1.165, 1.54) is 0 Å². The van der Waals surface area contributed by atoms with Crippen LogP contribution in [0.15, 0.2) is 11.6 Å². The SMILES string of the molecule is CC(C)C1=CC2CC3(C=O)[C@@H]4CC[C@@H](C)[C@H]4CC2(CO[C@H]2C[C@H]4[C@H](OC[C@H]4C(C)C)[C@@H](C)O2)C13C(=O)O. The molecule has 1 N–H and O–H groups in total. The van der Waals surface area contributed by atoms with Crippen molar-refractivity contribution in [2.75, 3.05) is 13.2 Å². The summed E-state index contributed by atoms with van der Waals surface area (Å²) in [6.07, 6.45) is 7.30. The first-order valence-corrected chi connectivity index (χ1v) is 14.8. The van der Waals surface area contributed by atoms with Gasteiger partial charge in [0.1, 0.15) is 11.7 Å². The van der Waals surface area contributed by atoms with Crippen LogP contribution in [-0.2, 0) is 23.8 Å². The fourth-order valence-electron chi connectivity index (χ4n) is 10.8. The van der Waals surface area contributed by atoms with Crippen molar-refractivity contribution in [2.45, 2.75) is 92.1 Å². The van der Waals surface area contributed by atoms with E-state index in [0.717, 1.165) is 44.1 Å². The summed E-state index contributed by atoms with van der Waals surface area (Å²) in [6, 6.07) is 0. The molecule has 6 aliphatic rings. The van der Waals surface area contributed by atoms with Gasteiger partial charge in [-0.15, -0.1) is 0 Å². The van der Waals surface area contributed by atoms with Crippen molar-refractivity contribution < 1.29 is 28.9 Å². The first kappa shape index (κ1) is 26.0. The van der Waals surface area contributed by atoms with Gasteiger partial charge in [0.15, 0.2) is 6.29 Å². The summed E-state index contributed by atoms with van der Waals surface area (Å²) in [6.45, 7) is 14.2. The summed E-state index contributed by atoms with van der Waals surface area (Å²) in [7, 11) is 0. The number of fused-ring (bicyclic) bond motifs is 3. The molecule has 6 heteroatoms. The molecule has 12 atom stereocenters. The number of carboxylic acids is 1. The van der Waals surface area contributed by atoms with Crippen molar-refractivity contribution in [1.29, 1.82) is 0 Å². The highest BCUT2D eigenvalue weighted by molar-refractivity contribution is 5.90. The fourth-order valence-corrected chi connectivity index (χ4v) is 10.8. The topological polar surface area (TPSA) is 82.1 Å². The Balaban J connectivity index is 1.36. The zero-order valence-corrected chi connectivity index (χ0v) is 23.4. The number of hydrogen-bond acceptors (Lipinski definition) is 5. The largest absolute Gasteiger partial charge is 0.481 e. The van der Waals surface area contributed by atoms with Crippen molar-refractivity contribution in [3.05, 3.63) is 11.6 Å². The molecule has 2 aliphatic heterocycles. The molecule has 37 heavy (non-hydrogen) atoms. The smallest absolute Gasteiger partial charge is 0.315 e. The van der Waals surface area contributed by atoms with Crippen LogP contribution in [0.4, 0.5) is 0 Å². The fraction of sp³-hybridized carbons (Fsp3) is 0.871. The number of aliphatic carboxylic acids is 1. The van der Waals surface area contributed by atoms with E-state index >= 15 is 0 Å². The lowest BCUT2D eigenvalue weighted by Gasteiger charge is -2.58. The predicted octanol–water partition coefficient (Wildman–Crippen LogP) is 5.35. The van der Waals surface area contributed by atoms with E-state index < -0.39 is 22.2 Å². The normalized spacial score (nSPS) is 51.9. The van der Waals surface area contributed by atoms with Crippen LogP contribution >= 0.6 is 0 Å². The zero-order valence-electron chi connectivity index (χ0n) is 23.4. The van der Waals surface area contributed by atoms with Gasteiger partial charge in [-0.05, 0) is 73.5 Å². The van der Waals surface area contributed by atoms with Crippen LogP contribution < -0.4 is 0 Å². The minimum Gasteiger partial charge on any atom is -0.481 e.